The molecule has 0 bridgehead atoms. The minimum Gasteiger partial charge on any atom is -0.495 e. The third-order valence-corrected chi connectivity index (χ3v) is 4.97. The van der Waals surface area contributed by atoms with Crippen molar-refractivity contribution in [3.8, 4) is 11.4 Å². The number of hydrogen-bond donors (Lipinski definition) is 3. The summed E-state index contributed by atoms with van der Waals surface area (Å²) in [5, 5.41) is 8.91. The number of aryl methyl sites for hydroxylation is 1. The third-order valence-electron chi connectivity index (χ3n) is 4.97. The van der Waals surface area contributed by atoms with Gasteiger partial charge in [-0.15, -0.1) is 0 Å². The van der Waals surface area contributed by atoms with E-state index in [1.807, 2.05) is 66.4 Å². The van der Waals surface area contributed by atoms with Crippen molar-refractivity contribution in [3.63, 3.8) is 0 Å². The maximum Gasteiger partial charge on any atom is 0.323 e. The molecule has 0 saturated heterocycles. The summed E-state index contributed by atoms with van der Waals surface area (Å²) < 4.78 is 7.36. The van der Waals surface area contributed by atoms with E-state index in [1.165, 1.54) is 5.57 Å². The molecule has 31 heavy (non-hydrogen) atoms. The lowest BCUT2D eigenvalue weighted by molar-refractivity contribution is 0.262. The minimum absolute atomic E-state index is 0.331. The average Bonchev–Trinajstić information content (AvgIpc) is 3.09. The van der Waals surface area contributed by atoms with E-state index in [0.29, 0.717) is 17.1 Å². The number of methoxy groups -OCH3 is 1. The Morgan fingerprint density at radius 2 is 2.00 bits per heavy atom. The van der Waals surface area contributed by atoms with Crippen LogP contribution in [0.1, 0.15) is 17.8 Å². The monoisotopic (exact) mass is 415 g/mol. The van der Waals surface area contributed by atoms with Crippen LogP contribution in [0.3, 0.4) is 0 Å². The van der Waals surface area contributed by atoms with E-state index in [0.717, 1.165) is 30.0 Å². The first kappa shape index (κ1) is 20.3. The summed E-state index contributed by atoms with van der Waals surface area (Å²) in [7, 11) is 1.58. The van der Waals surface area contributed by atoms with Crippen LogP contribution >= 0.6 is 0 Å². The Hall–Kier alpha value is -4.00. The van der Waals surface area contributed by atoms with Crippen molar-refractivity contribution in [1.29, 1.82) is 0 Å². The highest BCUT2D eigenvalue weighted by Gasteiger charge is 2.12. The van der Waals surface area contributed by atoms with E-state index in [-0.39, 0.29) is 6.03 Å². The Balaban J connectivity index is 1.47. The van der Waals surface area contributed by atoms with Gasteiger partial charge in [-0.1, -0.05) is 18.2 Å². The molecule has 0 unspecified atom stereocenters. The van der Waals surface area contributed by atoms with E-state index in [1.54, 1.807) is 13.3 Å². The molecule has 2 aromatic carbocycles. The normalized spacial score (nSPS) is 13.0. The van der Waals surface area contributed by atoms with Crippen LogP contribution < -0.4 is 20.7 Å². The predicted octanol–water partition coefficient (Wildman–Crippen LogP) is 4.72. The quantitative estimate of drug-likeness (QED) is 0.563. The lowest BCUT2D eigenvalue weighted by atomic mass is 10.1. The second kappa shape index (κ2) is 9.21. The summed E-state index contributed by atoms with van der Waals surface area (Å²) in [6.45, 7) is 2.74. The van der Waals surface area contributed by atoms with E-state index in [4.69, 9.17) is 4.74 Å². The first-order valence-corrected chi connectivity index (χ1v) is 10.1. The van der Waals surface area contributed by atoms with Crippen LogP contribution in [-0.4, -0.2) is 29.2 Å². The smallest absolute Gasteiger partial charge is 0.323 e. The molecule has 0 aliphatic carbocycles. The number of urea groups is 1. The lowest BCUT2D eigenvalue weighted by Gasteiger charge is -2.13. The zero-order chi connectivity index (χ0) is 21.6. The molecule has 158 valence electrons. The van der Waals surface area contributed by atoms with Gasteiger partial charge in [0.1, 0.15) is 11.6 Å². The molecule has 7 heteroatoms. The van der Waals surface area contributed by atoms with Gasteiger partial charge in [-0.25, -0.2) is 9.78 Å². The topological polar surface area (TPSA) is 80.2 Å². The number of benzene rings is 2. The summed E-state index contributed by atoms with van der Waals surface area (Å²) in [4.78, 5) is 17.0. The first-order chi connectivity index (χ1) is 15.1. The molecule has 7 nitrogen and oxygen atoms in total. The average molecular weight is 415 g/mol. The fourth-order valence-corrected chi connectivity index (χ4v) is 3.44. The fraction of sp³-hybridized carbons (Fsp3) is 0.167. The number of carbonyl (C=O) groups is 1. The molecule has 4 rings (SSSR count). The lowest BCUT2D eigenvalue weighted by Crippen LogP contribution is -2.19. The van der Waals surface area contributed by atoms with Gasteiger partial charge in [0.25, 0.3) is 0 Å². The Morgan fingerprint density at radius 1 is 1.16 bits per heavy atom. The number of anilines is 2. The minimum atomic E-state index is -0.331. The number of nitrogens with zero attached hydrogens (tertiary/aromatic N) is 2. The molecule has 0 radical (unpaired) electrons. The molecule has 1 aliphatic rings. The third kappa shape index (κ3) is 4.78. The Bertz CT molecular complexity index is 1130. The summed E-state index contributed by atoms with van der Waals surface area (Å²) in [5.41, 5.74) is 4.49. The largest absolute Gasteiger partial charge is 0.495 e. The van der Waals surface area contributed by atoms with Crippen molar-refractivity contribution in [2.75, 3.05) is 24.3 Å². The molecule has 2 amide bonds. The Labute approximate surface area is 181 Å². The molecule has 3 aromatic rings. The van der Waals surface area contributed by atoms with Gasteiger partial charge < -0.3 is 25.3 Å². The number of amides is 2. The fourth-order valence-electron chi connectivity index (χ4n) is 3.44. The molecule has 1 aromatic heterocycles. The van der Waals surface area contributed by atoms with E-state index in [9.17, 15) is 4.79 Å². The SMILES string of the molecule is COc1ccc(C)cc1NC(=O)Nc1ccc(-n2ccnc2C2=CCNC=CC2)cc1. The molecule has 3 N–H and O–H groups in total. The van der Waals surface area contributed by atoms with E-state index in [2.05, 4.69) is 33.1 Å². The second-order valence-corrected chi connectivity index (χ2v) is 7.19. The summed E-state index contributed by atoms with van der Waals surface area (Å²) in [5.74, 6) is 1.53. The molecule has 0 spiro atoms. The van der Waals surface area contributed by atoms with Gasteiger partial charge in [0.2, 0.25) is 0 Å². The molecule has 1 aliphatic heterocycles. The molecule has 0 fully saturated rings. The van der Waals surface area contributed by atoms with Gasteiger partial charge in [0.15, 0.2) is 0 Å². The van der Waals surface area contributed by atoms with Crippen molar-refractivity contribution < 1.29 is 9.53 Å². The molecule has 0 atom stereocenters. The van der Waals surface area contributed by atoms with Gasteiger partial charge in [-0.05, 0) is 67.1 Å². The number of carbonyl (C=O) groups excluding carboxylic acids is 1. The van der Waals surface area contributed by atoms with Crippen LogP contribution in [0.4, 0.5) is 16.2 Å². The van der Waals surface area contributed by atoms with Gasteiger partial charge >= 0.3 is 6.03 Å². The summed E-state index contributed by atoms with van der Waals surface area (Å²) in [6, 6.07) is 13.0. The number of nitrogens with one attached hydrogen (secondary N) is 3. The van der Waals surface area contributed by atoms with Crippen LogP contribution in [0.5, 0.6) is 5.75 Å². The zero-order valence-corrected chi connectivity index (χ0v) is 17.6. The van der Waals surface area contributed by atoms with E-state index >= 15 is 0 Å². The van der Waals surface area contributed by atoms with Gasteiger partial charge in [-0.3, -0.25) is 0 Å². The first-order valence-electron chi connectivity index (χ1n) is 10.1. The summed E-state index contributed by atoms with van der Waals surface area (Å²) in [6.07, 6.45) is 10.8. The van der Waals surface area contributed by atoms with Crippen LogP contribution in [0, 0.1) is 6.92 Å². The van der Waals surface area contributed by atoms with Crippen molar-refractivity contribution >= 4 is 23.0 Å². The standard InChI is InChI=1S/C24H25N5O2/c1-17-5-10-22(31-2)21(16-17)28-24(30)27-19-6-8-20(9-7-19)29-15-14-26-23(29)18-4-3-12-25-13-11-18/h3,5-12,14-16,25H,4,13H2,1-2H3,(H2,27,28,30). The highest BCUT2D eigenvalue weighted by atomic mass is 16.5. The molecule has 0 saturated carbocycles. The highest BCUT2D eigenvalue weighted by Crippen LogP contribution is 2.26. The van der Waals surface area contributed by atoms with E-state index < -0.39 is 0 Å². The van der Waals surface area contributed by atoms with Crippen molar-refractivity contribution in [1.82, 2.24) is 14.9 Å². The maximum atomic E-state index is 12.5. The Morgan fingerprint density at radius 3 is 2.81 bits per heavy atom. The number of imidazole rings is 1. The number of aromatic nitrogens is 2. The predicted molar refractivity (Wildman–Crippen MR) is 124 cm³/mol. The Kier molecular flexibility index (Phi) is 6.03. The van der Waals surface area contributed by atoms with Crippen molar-refractivity contribution in [3.05, 3.63) is 84.6 Å². The highest BCUT2D eigenvalue weighted by molar-refractivity contribution is 6.00. The van der Waals surface area contributed by atoms with Crippen LogP contribution in [0.25, 0.3) is 11.3 Å². The molecular weight excluding hydrogens is 390 g/mol. The van der Waals surface area contributed by atoms with Gasteiger partial charge in [-0.2, -0.15) is 0 Å². The van der Waals surface area contributed by atoms with Crippen molar-refractivity contribution in [2.45, 2.75) is 13.3 Å². The summed E-state index contributed by atoms with van der Waals surface area (Å²) >= 11 is 0. The maximum absolute atomic E-state index is 12.5. The van der Waals surface area contributed by atoms with Gasteiger partial charge in [0.05, 0.1) is 12.8 Å². The van der Waals surface area contributed by atoms with Crippen LogP contribution in [-0.2, 0) is 0 Å². The number of allylic oxidation sites excluding steroid dienone is 2. The van der Waals surface area contributed by atoms with Gasteiger partial charge in [0, 0.05) is 30.3 Å². The van der Waals surface area contributed by atoms with Crippen LogP contribution in [0.15, 0.2) is 73.2 Å². The molecule has 2 heterocycles. The number of rotatable bonds is 5. The zero-order valence-electron chi connectivity index (χ0n) is 17.6. The van der Waals surface area contributed by atoms with Crippen molar-refractivity contribution in [2.24, 2.45) is 0 Å². The molecular formula is C24H25N5O2. The second-order valence-electron chi connectivity index (χ2n) is 7.19. The number of hydrogen-bond acceptors (Lipinski definition) is 4. The number of ether oxygens (including phenoxy) is 1. The van der Waals surface area contributed by atoms with Crippen LogP contribution in [0.2, 0.25) is 0 Å².